The van der Waals surface area contributed by atoms with Crippen LogP contribution in [0.5, 0.6) is 5.75 Å². The SMILES string of the molecule is CC[C@@H](Oc1ccccc1F)C(=O)Nc1nonc1C. The number of rotatable bonds is 5. The van der Waals surface area contributed by atoms with Crippen molar-refractivity contribution in [3.63, 3.8) is 0 Å². The minimum Gasteiger partial charge on any atom is -0.478 e. The Morgan fingerprint density at radius 3 is 2.80 bits per heavy atom. The summed E-state index contributed by atoms with van der Waals surface area (Å²) in [5.41, 5.74) is 0.457. The predicted octanol–water partition coefficient (Wildman–Crippen LogP) is 2.31. The van der Waals surface area contributed by atoms with Gasteiger partial charge in [0.1, 0.15) is 5.69 Å². The van der Waals surface area contributed by atoms with E-state index in [1.165, 1.54) is 12.1 Å². The van der Waals surface area contributed by atoms with E-state index in [1.54, 1.807) is 26.0 Å². The maximum atomic E-state index is 13.5. The Kier molecular flexibility index (Phi) is 4.29. The van der Waals surface area contributed by atoms with E-state index in [0.29, 0.717) is 12.1 Å². The van der Waals surface area contributed by atoms with Crippen LogP contribution in [0.2, 0.25) is 0 Å². The highest BCUT2D eigenvalue weighted by atomic mass is 19.1. The second-order valence-corrected chi connectivity index (χ2v) is 4.13. The minimum atomic E-state index is -0.831. The van der Waals surface area contributed by atoms with Gasteiger partial charge < -0.3 is 10.1 Å². The lowest BCUT2D eigenvalue weighted by molar-refractivity contribution is -0.122. The van der Waals surface area contributed by atoms with Gasteiger partial charge in [-0.25, -0.2) is 9.02 Å². The zero-order valence-electron chi connectivity index (χ0n) is 11.1. The van der Waals surface area contributed by atoms with Crippen LogP contribution < -0.4 is 10.1 Å². The lowest BCUT2D eigenvalue weighted by atomic mass is 10.2. The molecule has 0 saturated carbocycles. The summed E-state index contributed by atoms with van der Waals surface area (Å²) in [5, 5.41) is 9.63. The van der Waals surface area contributed by atoms with Crippen molar-refractivity contribution < 1.29 is 18.6 Å². The topological polar surface area (TPSA) is 77.2 Å². The van der Waals surface area contributed by atoms with Gasteiger partial charge >= 0.3 is 0 Å². The molecule has 20 heavy (non-hydrogen) atoms. The van der Waals surface area contributed by atoms with Gasteiger partial charge in [-0.3, -0.25) is 4.79 Å². The van der Waals surface area contributed by atoms with Crippen molar-refractivity contribution in [1.29, 1.82) is 0 Å². The Bertz CT molecular complexity index is 600. The van der Waals surface area contributed by atoms with Gasteiger partial charge in [0, 0.05) is 0 Å². The second-order valence-electron chi connectivity index (χ2n) is 4.13. The summed E-state index contributed by atoms with van der Waals surface area (Å²) in [6.07, 6.45) is -0.451. The van der Waals surface area contributed by atoms with Crippen LogP contribution in [-0.2, 0) is 4.79 Å². The van der Waals surface area contributed by atoms with Crippen molar-refractivity contribution in [3.8, 4) is 5.75 Å². The first-order chi connectivity index (χ1) is 9.61. The maximum absolute atomic E-state index is 13.5. The third kappa shape index (κ3) is 3.11. The number of ether oxygens (including phenoxy) is 1. The van der Waals surface area contributed by atoms with Crippen LogP contribution in [0.25, 0.3) is 0 Å². The number of anilines is 1. The summed E-state index contributed by atoms with van der Waals surface area (Å²) < 4.78 is 23.4. The van der Waals surface area contributed by atoms with Gasteiger partial charge in [0.25, 0.3) is 5.91 Å². The molecule has 0 aliphatic carbocycles. The number of carbonyl (C=O) groups excluding carboxylic acids is 1. The van der Waals surface area contributed by atoms with Gasteiger partial charge in [-0.05, 0) is 30.6 Å². The molecule has 0 saturated heterocycles. The van der Waals surface area contributed by atoms with E-state index < -0.39 is 17.8 Å². The smallest absolute Gasteiger partial charge is 0.266 e. The quantitative estimate of drug-likeness (QED) is 0.908. The number of para-hydroxylation sites is 1. The third-order valence-corrected chi connectivity index (χ3v) is 2.66. The number of nitrogens with one attached hydrogen (secondary N) is 1. The molecule has 2 rings (SSSR count). The number of halogens is 1. The fourth-order valence-electron chi connectivity index (χ4n) is 1.56. The molecule has 0 bridgehead atoms. The largest absolute Gasteiger partial charge is 0.478 e. The molecule has 1 atom stereocenters. The molecule has 1 aromatic heterocycles. The van der Waals surface area contributed by atoms with Crippen molar-refractivity contribution in [2.24, 2.45) is 0 Å². The van der Waals surface area contributed by atoms with Crippen LogP contribution in [0.3, 0.4) is 0 Å². The van der Waals surface area contributed by atoms with Crippen molar-refractivity contribution in [3.05, 3.63) is 35.8 Å². The number of carbonyl (C=O) groups is 1. The van der Waals surface area contributed by atoms with E-state index in [0.717, 1.165) is 0 Å². The van der Waals surface area contributed by atoms with Gasteiger partial charge in [-0.1, -0.05) is 24.2 Å². The molecule has 0 fully saturated rings. The van der Waals surface area contributed by atoms with E-state index >= 15 is 0 Å². The van der Waals surface area contributed by atoms with Crippen LogP contribution in [0, 0.1) is 12.7 Å². The normalized spacial score (nSPS) is 11.9. The summed E-state index contributed by atoms with van der Waals surface area (Å²) >= 11 is 0. The maximum Gasteiger partial charge on any atom is 0.266 e. The van der Waals surface area contributed by atoms with Gasteiger partial charge in [0.2, 0.25) is 0 Å². The molecule has 2 aromatic rings. The fraction of sp³-hybridized carbons (Fsp3) is 0.308. The molecule has 6 nitrogen and oxygen atoms in total. The van der Waals surface area contributed by atoms with Crippen molar-refractivity contribution in [2.45, 2.75) is 26.4 Å². The molecule has 0 radical (unpaired) electrons. The van der Waals surface area contributed by atoms with E-state index in [-0.39, 0.29) is 11.6 Å². The van der Waals surface area contributed by atoms with Crippen molar-refractivity contribution in [1.82, 2.24) is 10.3 Å². The van der Waals surface area contributed by atoms with Gasteiger partial charge in [0.15, 0.2) is 23.5 Å². The Morgan fingerprint density at radius 2 is 2.20 bits per heavy atom. The minimum absolute atomic E-state index is 0.0319. The predicted molar refractivity (Wildman–Crippen MR) is 68.8 cm³/mol. The molecule has 106 valence electrons. The Balaban J connectivity index is 2.07. The number of benzene rings is 1. The van der Waals surface area contributed by atoms with Crippen molar-refractivity contribution >= 4 is 11.7 Å². The lowest BCUT2D eigenvalue weighted by Gasteiger charge is -2.16. The number of hydrogen-bond acceptors (Lipinski definition) is 5. The summed E-state index contributed by atoms with van der Waals surface area (Å²) in [7, 11) is 0. The highest BCUT2D eigenvalue weighted by Gasteiger charge is 2.21. The van der Waals surface area contributed by atoms with Crippen LogP contribution in [0.15, 0.2) is 28.9 Å². The lowest BCUT2D eigenvalue weighted by Crippen LogP contribution is -2.33. The molecular formula is C13H14FN3O3. The van der Waals surface area contributed by atoms with Gasteiger partial charge in [-0.15, -0.1) is 0 Å². The van der Waals surface area contributed by atoms with Gasteiger partial charge in [0.05, 0.1) is 0 Å². The van der Waals surface area contributed by atoms with E-state index in [9.17, 15) is 9.18 Å². The van der Waals surface area contributed by atoms with Crippen molar-refractivity contribution in [2.75, 3.05) is 5.32 Å². The third-order valence-electron chi connectivity index (χ3n) is 2.66. The Labute approximate surface area is 114 Å². The second kappa shape index (κ2) is 6.14. The summed E-state index contributed by atoms with van der Waals surface area (Å²) in [6.45, 7) is 3.41. The molecular weight excluding hydrogens is 265 g/mol. The van der Waals surface area contributed by atoms with E-state index in [2.05, 4.69) is 20.3 Å². The molecule has 0 spiro atoms. The first kappa shape index (κ1) is 14.0. The molecule has 0 unspecified atom stereocenters. The van der Waals surface area contributed by atoms with Crippen LogP contribution in [0.1, 0.15) is 19.0 Å². The summed E-state index contributed by atoms with van der Waals surface area (Å²) in [5.74, 6) is -0.692. The van der Waals surface area contributed by atoms with Crippen LogP contribution in [0.4, 0.5) is 10.2 Å². The number of nitrogens with zero attached hydrogens (tertiary/aromatic N) is 2. The monoisotopic (exact) mass is 279 g/mol. The number of amides is 1. The molecule has 7 heteroatoms. The van der Waals surface area contributed by atoms with E-state index in [1.807, 2.05) is 0 Å². The fourth-order valence-corrected chi connectivity index (χ4v) is 1.56. The number of aryl methyl sites for hydroxylation is 1. The molecule has 1 amide bonds. The highest BCUT2D eigenvalue weighted by molar-refractivity contribution is 5.93. The molecule has 1 aromatic carbocycles. The van der Waals surface area contributed by atoms with E-state index in [4.69, 9.17) is 4.74 Å². The molecule has 1 N–H and O–H groups in total. The number of hydrogen-bond donors (Lipinski definition) is 1. The zero-order chi connectivity index (χ0) is 14.5. The summed E-state index contributed by atoms with van der Waals surface area (Å²) in [6, 6.07) is 5.92. The average Bonchev–Trinajstić information content (AvgIpc) is 2.83. The Hall–Kier alpha value is -2.44. The molecule has 0 aliphatic heterocycles. The average molecular weight is 279 g/mol. The highest BCUT2D eigenvalue weighted by Crippen LogP contribution is 2.19. The number of aromatic nitrogens is 2. The first-order valence-electron chi connectivity index (χ1n) is 6.13. The van der Waals surface area contributed by atoms with Crippen LogP contribution >= 0.6 is 0 Å². The molecule has 0 aliphatic rings. The first-order valence-corrected chi connectivity index (χ1v) is 6.13. The van der Waals surface area contributed by atoms with Crippen LogP contribution in [-0.4, -0.2) is 22.3 Å². The van der Waals surface area contributed by atoms with Gasteiger partial charge in [-0.2, -0.15) is 0 Å². The standard InChI is InChI=1S/C13H14FN3O3/c1-3-10(19-11-7-5-4-6-9(11)14)13(18)15-12-8(2)16-20-17-12/h4-7,10H,3H2,1-2H3,(H,15,17,18)/t10-/m1/s1. The summed E-state index contributed by atoms with van der Waals surface area (Å²) in [4.78, 5) is 12.0. The molecule has 1 heterocycles. The zero-order valence-corrected chi connectivity index (χ0v) is 11.1. The Morgan fingerprint density at radius 1 is 1.45 bits per heavy atom.